The fourth-order valence-corrected chi connectivity index (χ4v) is 4.12. The normalized spacial score (nSPS) is 27.9. The lowest BCUT2D eigenvalue weighted by atomic mass is 9.70. The summed E-state index contributed by atoms with van der Waals surface area (Å²) in [7, 11) is 0. The molecule has 1 unspecified atom stereocenters. The molecule has 0 bridgehead atoms. The Morgan fingerprint density at radius 1 is 1.20 bits per heavy atom. The van der Waals surface area contributed by atoms with Gasteiger partial charge in [0.05, 0.1) is 17.8 Å². The van der Waals surface area contributed by atoms with E-state index in [1.165, 1.54) is 42.5 Å². The van der Waals surface area contributed by atoms with Crippen LogP contribution in [0.5, 0.6) is 0 Å². The maximum absolute atomic E-state index is 9.10. The first-order valence-corrected chi connectivity index (χ1v) is 7.39. The Hall–Kier alpha value is -1.92. The largest absolute Gasteiger partial charge is 0.245 e. The second kappa shape index (κ2) is 4.29. The Balaban J connectivity index is 1.87. The third-order valence-electron chi connectivity index (χ3n) is 4.97. The molecule has 1 fully saturated rings. The zero-order valence-electron chi connectivity index (χ0n) is 11.5. The van der Waals surface area contributed by atoms with Gasteiger partial charge in [-0.05, 0) is 37.0 Å². The van der Waals surface area contributed by atoms with E-state index in [0.717, 1.165) is 18.4 Å². The van der Waals surface area contributed by atoms with E-state index >= 15 is 0 Å². The van der Waals surface area contributed by atoms with E-state index in [1.807, 2.05) is 18.6 Å². The number of aliphatic imine (C=N–C) groups is 1. The SMILES string of the molecule is N#Cc1ccc2c(c1)CCCC21CCCC2=CN=C[N+]21. The summed E-state index contributed by atoms with van der Waals surface area (Å²) < 4.78 is 0. The molecule has 2 aliphatic heterocycles. The van der Waals surface area contributed by atoms with E-state index in [-0.39, 0.29) is 5.54 Å². The van der Waals surface area contributed by atoms with Gasteiger partial charge < -0.3 is 0 Å². The summed E-state index contributed by atoms with van der Waals surface area (Å²) in [6.45, 7) is 0. The number of piperidine rings is 1. The summed E-state index contributed by atoms with van der Waals surface area (Å²) in [5.74, 6) is 0. The van der Waals surface area contributed by atoms with E-state index in [9.17, 15) is 0 Å². The Morgan fingerprint density at radius 2 is 2.05 bits per heavy atom. The highest BCUT2D eigenvalue weighted by Crippen LogP contribution is 2.47. The van der Waals surface area contributed by atoms with Gasteiger partial charge in [-0.2, -0.15) is 5.26 Å². The van der Waals surface area contributed by atoms with Gasteiger partial charge >= 0.3 is 0 Å². The van der Waals surface area contributed by atoms with Crippen molar-refractivity contribution >= 4 is 6.34 Å². The van der Waals surface area contributed by atoms with Gasteiger partial charge in [-0.15, -0.1) is 0 Å². The quantitative estimate of drug-likeness (QED) is 0.662. The minimum atomic E-state index is 0.0889. The first-order chi connectivity index (χ1) is 9.83. The average molecular weight is 263 g/mol. The van der Waals surface area contributed by atoms with E-state index in [0.29, 0.717) is 0 Å². The second-order valence-electron chi connectivity index (χ2n) is 5.98. The number of benzene rings is 1. The van der Waals surface area contributed by atoms with Crippen LogP contribution in [0.3, 0.4) is 0 Å². The minimum Gasteiger partial charge on any atom is -0.201 e. The first-order valence-electron chi connectivity index (χ1n) is 7.39. The second-order valence-corrected chi connectivity index (χ2v) is 5.98. The Bertz CT molecular complexity index is 665. The highest BCUT2D eigenvalue weighted by molar-refractivity contribution is 5.69. The third kappa shape index (κ3) is 1.52. The Labute approximate surface area is 119 Å². The number of nitrogens with zero attached hydrogens (tertiary/aromatic N) is 3. The monoisotopic (exact) mass is 263 g/mol. The summed E-state index contributed by atoms with van der Waals surface area (Å²) in [6, 6.07) is 8.50. The van der Waals surface area contributed by atoms with Crippen molar-refractivity contribution in [2.24, 2.45) is 4.99 Å². The molecule has 3 aliphatic rings. The molecule has 1 aromatic rings. The Kier molecular flexibility index (Phi) is 2.55. The molecule has 99 valence electrons. The van der Waals surface area contributed by atoms with Crippen LogP contribution in [0.2, 0.25) is 0 Å². The topological polar surface area (TPSA) is 42.0 Å². The van der Waals surface area contributed by atoms with Crippen molar-refractivity contribution in [3.63, 3.8) is 0 Å². The van der Waals surface area contributed by atoms with E-state index in [2.05, 4.69) is 28.1 Å². The number of nitriles is 1. The van der Waals surface area contributed by atoms with E-state index < -0.39 is 0 Å². The van der Waals surface area contributed by atoms with Crippen molar-refractivity contribution in [2.75, 3.05) is 0 Å². The van der Waals surface area contributed by atoms with Crippen LogP contribution in [0.4, 0.5) is 0 Å². The van der Waals surface area contributed by atoms with Gasteiger partial charge in [0.25, 0.3) is 0 Å². The van der Waals surface area contributed by atoms with Crippen LogP contribution in [0.25, 0.3) is 0 Å². The molecular formula is C17H17N3+. The molecule has 1 aromatic carbocycles. The van der Waals surface area contributed by atoms with Crippen molar-refractivity contribution in [1.82, 2.24) is 4.90 Å². The number of rotatable bonds is 0. The fourth-order valence-electron chi connectivity index (χ4n) is 4.12. The fraction of sp³-hybridized carbons (Fsp3) is 0.412. The standard InChI is InChI=1S/C17H17N3/c18-10-13-5-6-16-14(9-13)3-1-7-17(16)8-2-4-15-11-19-12-20(15)17/h5-6,9,11-12H,1-4,7-8H2/q+1. The summed E-state index contributed by atoms with van der Waals surface area (Å²) in [5, 5.41) is 9.10. The number of hydrogen-bond acceptors (Lipinski definition) is 3. The Morgan fingerprint density at radius 3 is 2.90 bits per heavy atom. The molecule has 1 radical (unpaired) electrons. The van der Waals surface area contributed by atoms with Crippen molar-refractivity contribution in [3.8, 4) is 6.07 Å². The lowest BCUT2D eigenvalue weighted by Gasteiger charge is -2.40. The third-order valence-corrected chi connectivity index (χ3v) is 4.97. The molecular weight excluding hydrogens is 246 g/mol. The number of aryl methyl sites for hydroxylation is 1. The highest BCUT2D eigenvalue weighted by Gasteiger charge is 2.54. The summed E-state index contributed by atoms with van der Waals surface area (Å²) in [5.41, 5.74) is 5.00. The number of allylic oxidation sites excluding steroid dienone is 1. The molecule has 20 heavy (non-hydrogen) atoms. The molecule has 1 aliphatic carbocycles. The van der Waals surface area contributed by atoms with Gasteiger partial charge in [-0.3, -0.25) is 0 Å². The van der Waals surface area contributed by atoms with Gasteiger partial charge in [0.1, 0.15) is 0 Å². The van der Waals surface area contributed by atoms with E-state index in [1.54, 1.807) is 0 Å². The maximum atomic E-state index is 9.10. The van der Waals surface area contributed by atoms with Gasteiger partial charge in [-0.1, -0.05) is 11.0 Å². The average Bonchev–Trinajstić information content (AvgIpc) is 2.97. The number of fused-ring (bicyclic) bond motifs is 4. The van der Waals surface area contributed by atoms with Crippen molar-refractivity contribution in [2.45, 2.75) is 44.1 Å². The molecule has 0 amide bonds. The lowest BCUT2D eigenvalue weighted by molar-refractivity contribution is 0.208. The van der Waals surface area contributed by atoms with Crippen LogP contribution < -0.4 is 4.90 Å². The molecule has 1 atom stereocenters. The van der Waals surface area contributed by atoms with E-state index in [4.69, 9.17) is 5.26 Å². The van der Waals surface area contributed by atoms with Crippen LogP contribution in [0.1, 0.15) is 48.8 Å². The van der Waals surface area contributed by atoms with Gasteiger partial charge in [0, 0.05) is 24.8 Å². The molecule has 1 spiro atoms. The molecule has 3 heteroatoms. The highest BCUT2D eigenvalue weighted by atomic mass is 15.3. The molecule has 4 rings (SSSR count). The molecule has 0 aromatic heterocycles. The molecule has 2 heterocycles. The lowest BCUT2D eigenvalue weighted by Crippen LogP contribution is -2.52. The van der Waals surface area contributed by atoms with Gasteiger partial charge in [0.2, 0.25) is 6.34 Å². The van der Waals surface area contributed by atoms with Crippen LogP contribution in [0, 0.1) is 11.3 Å². The zero-order chi connectivity index (χ0) is 13.6. The first kappa shape index (κ1) is 11.9. The van der Waals surface area contributed by atoms with Crippen LogP contribution in [-0.2, 0) is 12.0 Å². The molecule has 3 nitrogen and oxygen atoms in total. The summed E-state index contributed by atoms with van der Waals surface area (Å²) >= 11 is 0. The molecule has 0 N–H and O–H groups in total. The zero-order valence-corrected chi connectivity index (χ0v) is 11.5. The van der Waals surface area contributed by atoms with Crippen LogP contribution >= 0.6 is 0 Å². The van der Waals surface area contributed by atoms with Gasteiger partial charge in [0.15, 0.2) is 11.2 Å². The molecule has 0 saturated carbocycles. The van der Waals surface area contributed by atoms with Crippen molar-refractivity contribution in [3.05, 3.63) is 46.8 Å². The molecule has 1 saturated heterocycles. The maximum Gasteiger partial charge on any atom is 0.245 e. The van der Waals surface area contributed by atoms with Crippen molar-refractivity contribution < 1.29 is 0 Å². The number of hydrogen-bond donors (Lipinski definition) is 0. The predicted octanol–water partition coefficient (Wildman–Crippen LogP) is 3.30. The summed E-state index contributed by atoms with van der Waals surface area (Å²) in [4.78, 5) is 6.77. The van der Waals surface area contributed by atoms with Crippen molar-refractivity contribution in [1.29, 1.82) is 5.26 Å². The van der Waals surface area contributed by atoms with Gasteiger partial charge in [-0.25, -0.2) is 4.99 Å². The smallest absolute Gasteiger partial charge is 0.201 e. The predicted molar refractivity (Wildman–Crippen MR) is 78.3 cm³/mol. The van der Waals surface area contributed by atoms with Crippen LogP contribution in [0.15, 0.2) is 35.1 Å². The summed E-state index contributed by atoms with van der Waals surface area (Å²) in [6.07, 6.45) is 11.0. The minimum absolute atomic E-state index is 0.0889. The van der Waals surface area contributed by atoms with Crippen LogP contribution in [-0.4, -0.2) is 6.34 Å².